The van der Waals surface area contributed by atoms with E-state index >= 15 is 0 Å². The molecule has 2 unspecified atom stereocenters. The lowest BCUT2D eigenvalue weighted by molar-refractivity contribution is -0.137. The molecule has 16 heavy (non-hydrogen) atoms. The van der Waals surface area contributed by atoms with Crippen LogP contribution in [0, 0.1) is 0 Å². The molecule has 0 bridgehead atoms. The van der Waals surface area contributed by atoms with Crippen molar-refractivity contribution in [2.45, 2.75) is 18.4 Å². The van der Waals surface area contributed by atoms with Crippen molar-refractivity contribution in [1.29, 1.82) is 0 Å². The van der Waals surface area contributed by atoms with Crippen LogP contribution in [-0.4, -0.2) is 22.8 Å². The van der Waals surface area contributed by atoms with Crippen LogP contribution < -0.4 is 0 Å². The zero-order chi connectivity index (χ0) is 11.1. The zero-order valence-electron chi connectivity index (χ0n) is 8.67. The Kier molecular flexibility index (Phi) is 1.93. The molecule has 1 aliphatic heterocycles. The fourth-order valence-corrected chi connectivity index (χ4v) is 2.26. The van der Waals surface area contributed by atoms with Gasteiger partial charge < -0.3 is 0 Å². The van der Waals surface area contributed by atoms with Gasteiger partial charge in [-0.25, -0.2) is 0 Å². The molecule has 1 heterocycles. The van der Waals surface area contributed by atoms with Crippen LogP contribution in [-0.2, 0) is 9.59 Å². The molecule has 3 rings (SSSR count). The number of imide groups is 1. The van der Waals surface area contributed by atoms with E-state index in [0.717, 1.165) is 6.42 Å². The van der Waals surface area contributed by atoms with Crippen molar-refractivity contribution >= 4 is 11.8 Å². The largest absolute Gasteiger partial charge is 0.272 e. The molecule has 1 aromatic rings. The van der Waals surface area contributed by atoms with Crippen molar-refractivity contribution in [1.82, 2.24) is 4.90 Å². The number of hydrogen-bond acceptors (Lipinski definition) is 2. The van der Waals surface area contributed by atoms with E-state index in [4.69, 9.17) is 0 Å². The molecule has 0 aromatic heterocycles. The van der Waals surface area contributed by atoms with E-state index < -0.39 is 0 Å². The molecule has 1 aromatic carbocycles. The van der Waals surface area contributed by atoms with Gasteiger partial charge in [0.2, 0.25) is 0 Å². The molecule has 3 nitrogen and oxygen atoms in total. The number of nitrogens with zero attached hydrogens (tertiary/aromatic N) is 1. The van der Waals surface area contributed by atoms with Crippen molar-refractivity contribution in [2.24, 2.45) is 0 Å². The van der Waals surface area contributed by atoms with Crippen molar-refractivity contribution in [2.75, 3.05) is 0 Å². The standard InChI is InChI=1S/C13H11NO2/c15-12-6-7-13(16)14(12)11-8-10(11)9-4-2-1-3-5-9/h1-7,10-11H,8H2. The number of carbonyl (C=O) groups excluding carboxylic acids is 2. The lowest BCUT2D eigenvalue weighted by Gasteiger charge is -2.13. The Morgan fingerprint density at radius 1 is 1.00 bits per heavy atom. The first-order valence-electron chi connectivity index (χ1n) is 5.37. The second kappa shape index (κ2) is 3.30. The van der Waals surface area contributed by atoms with Gasteiger partial charge in [0, 0.05) is 24.1 Å². The summed E-state index contributed by atoms with van der Waals surface area (Å²) in [4.78, 5) is 24.3. The highest BCUT2D eigenvalue weighted by atomic mass is 16.2. The molecule has 0 radical (unpaired) electrons. The monoisotopic (exact) mass is 213 g/mol. The van der Waals surface area contributed by atoms with Gasteiger partial charge in [0.05, 0.1) is 0 Å². The van der Waals surface area contributed by atoms with Gasteiger partial charge >= 0.3 is 0 Å². The van der Waals surface area contributed by atoms with Gasteiger partial charge in [0.1, 0.15) is 0 Å². The second-order valence-corrected chi connectivity index (χ2v) is 4.20. The van der Waals surface area contributed by atoms with Crippen LogP contribution in [0.2, 0.25) is 0 Å². The summed E-state index contributed by atoms with van der Waals surface area (Å²) in [6, 6.07) is 10.1. The molecular weight excluding hydrogens is 202 g/mol. The quantitative estimate of drug-likeness (QED) is 0.697. The normalized spacial score (nSPS) is 27.6. The summed E-state index contributed by atoms with van der Waals surface area (Å²) in [7, 11) is 0. The van der Waals surface area contributed by atoms with Crippen LogP contribution in [0.1, 0.15) is 17.9 Å². The highest BCUT2D eigenvalue weighted by molar-refractivity contribution is 6.13. The van der Waals surface area contributed by atoms with Crippen LogP contribution in [0.3, 0.4) is 0 Å². The summed E-state index contributed by atoms with van der Waals surface area (Å²) in [5, 5.41) is 0. The smallest absolute Gasteiger partial charge is 0.253 e. The van der Waals surface area contributed by atoms with E-state index in [9.17, 15) is 9.59 Å². The first kappa shape index (κ1) is 9.33. The lowest BCUT2D eigenvalue weighted by Crippen LogP contribution is -2.32. The minimum absolute atomic E-state index is 0.0670. The van der Waals surface area contributed by atoms with Gasteiger partial charge in [-0.2, -0.15) is 0 Å². The summed E-state index contributed by atoms with van der Waals surface area (Å²) in [6.45, 7) is 0. The van der Waals surface area contributed by atoms with Crippen molar-refractivity contribution in [3.8, 4) is 0 Å². The highest BCUT2D eigenvalue weighted by Crippen LogP contribution is 2.45. The predicted octanol–water partition coefficient (Wildman–Crippen LogP) is 1.47. The van der Waals surface area contributed by atoms with E-state index in [1.165, 1.54) is 22.6 Å². The Morgan fingerprint density at radius 2 is 1.62 bits per heavy atom. The highest BCUT2D eigenvalue weighted by Gasteiger charge is 2.47. The molecule has 0 saturated heterocycles. The topological polar surface area (TPSA) is 37.4 Å². The average Bonchev–Trinajstić information content (AvgIpc) is 3.01. The molecule has 1 fully saturated rings. The van der Waals surface area contributed by atoms with Crippen LogP contribution in [0.5, 0.6) is 0 Å². The molecule has 0 N–H and O–H groups in total. The Morgan fingerprint density at radius 3 is 2.25 bits per heavy atom. The van der Waals surface area contributed by atoms with Crippen molar-refractivity contribution in [3.63, 3.8) is 0 Å². The van der Waals surface area contributed by atoms with E-state index in [2.05, 4.69) is 0 Å². The summed E-state index contributed by atoms with van der Waals surface area (Å²) in [6.07, 6.45) is 3.59. The Balaban J connectivity index is 1.78. The molecule has 3 heteroatoms. The lowest BCUT2D eigenvalue weighted by atomic mass is 10.1. The molecular formula is C13H11NO2. The first-order valence-corrected chi connectivity index (χ1v) is 5.37. The summed E-state index contributed by atoms with van der Waals surface area (Å²) < 4.78 is 0. The molecule has 0 spiro atoms. The van der Waals surface area contributed by atoms with Crippen LogP contribution in [0.25, 0.3) is 0 Å². The maximum atomic E-state index is 11.5. The predicted molar refractivity (Wildman–Crippen MR) is 58.6 cm³/mol. The number of carbonyl (C=O) groups is 2. The summed E-state index contributed by atoms with van der Waals surface area (Å²) in [5.41, 5.74) is 1.21. The number of hydrogen-bond donors (Lipinski definition) is 0. The van der Waals surface area contributed by atoms with E-state index in [0.29, 0.717) is 5.92 Å². The molecule has 80 valence electrons. The third-order valence-corrected chi connectivity index (χ3v) is 3.16. The molecule has 1 saturated carbocycles. The summed E-state index contributed by atoms with van der Waals surface area (Å²) >= 11 is 0. The van der Waals surface area contributed by atoms with Crippen molar-refractivity contribution in [3.05, 3.63) is 48.0 Å². The van der Waals surface area contributed by atoms with E-state index in [-0.39, 0.29) is 17.9 Å². The number of benzene rings is 1. The third-order valence-electron chi connectivity index (χ3n) is 3.16. The molecule has 1 aliphatic carbocycles. The molecule has 2 atom stereocenters. The van der Waals surface area contributed by atoms with E-state index in [1.807, 2.05) is 30.3 Å². The molecule has 2 aliphatic rings. The van der Waals surface area contributed by atoms with Gasteiger partial charge in [-0.15, -0.1) is 0 Å². The van der Waals surface area contributed by atoms with Gasteiger partial charge in [0.25, 0.3) is 11.8 Å². The molecule has 2 amide bonds. The van der Waals surface area contributed by atoms with Crippen molar-refractivity contribution < 1.29 is 9.59 Å². The van der Waals surface area contributed by atoms with Crippen LogP contribution in [0.15, 0.2) is 42.5 Å². The Bertz CT molecular complexity index is 460. The fourth-order valence-electron chi connectivity index (χ4n) is 2.26. The van der Waals surface area contributed by atoms with Gasteiger partial charge in [-0.05, 0) is 12.0 Å². The number of rotatable bonds is 2. The minimum Gasteiger partial charge on any atom is -0.272 e. The second-order valence-electron chi connectivity index (χ2n) is 4.20. The number of amides is 2. The van der Waals surface area contributed by atoms with Gasteiger partial charge in [0.15, 0.2) is 0 Å². The van der Waals surface area contributed by atoms with E-state index in [1.54, 1.807) is 0 Å². The Hall–Kier alpha value is -1.90. The van der Waals surface area contributed by atoms with Crippen LogP contribution >= 0.6 is 0 Å². The maximum absolute atomic E-state index is 11.5. The van der Waals surface area contributed by atoms with Gasteiger partial charge in [-0.1, -0.05) is 30.3 Å². The maximum Gasteiger partial charge on any atom is 0.253 e. The minimum atomic E-state index is -0.173. The first-order chi connectivity index (χ1) is 7.77. The van der Waals surface area contributed by atoms with Crippen LogP contribution in [0.4, 0.5) is 0 Å². The third kappa shape index (κ3) is 1.36. The van der Waals surface area contributed by atoms with Gasteiger partial charge in [-0.3, -0.25) is 14.5 Å². The average molecular weight is 213 g/mol. The SMILES string of the molecule is O=C1C=CC(=O)N1C1CC1c1ccccc1. The fraction of sp³-hybridized carbons (Fsp3) is 0.231. The zero-order valence-corrected chi connectivity index (χ0v) is 8.67. The summed E-state index contributed by atoms with van der Waals surface area (Å²) in [5.74, 6) is -0.0177. The Labute approximate surface area is 93.4 Å².